The van der Waals surface area contributed by atoms with Crippen LogP contribution in [0.3, 0.4) is 0 Å². The van der Waals surface area contributed by atoms with Crippen LogP contribution in [0.2, 0.25) is 0 Å². The van der Waals surface area contributed by atoms with Crippen molar-refractivity contribution in [3.05, 3.63) is 11.5 Å². The number of nitrogens with two attached hydrogens (primary N) is 1. The molecule has 6 heteroatoms. The van der Waals surface area contributed by atoms with E-state index < -0.39 is 24.5 Å². The fraction of sp³-hybridized carbons (Fsp3) is 0.905. The van der Waals surface area contributed by atoms with Crippen molar-refractivity contribution < 1.29 is 25.5 Å². The molecule has 0 aliphatic carbocycles. The van der Waals surface area contributed by atoms with Gasteiger partial charge >= 0.3 is 0 Å². The number of unbranched alkanes of at least 4 members (excludes halogenated alkanes) is 9. The van der Waals surface area contributed by atoms with Crippen molar-refractivity contribution in [1.29, 1.82) is 0 Å². The molecule has 0 spiro atoms. The normalized spacial score (nSPS) is 14.3. The van der Waals surface area contributed by atoms with Gasteiger partial charge in [-0.3, -0.25) is 0 Å². The Hall–Kier alpha value is -0.820. The van der Waals surface area contributed by atoms with Crippen LogP contribution in [0.25, 0.3) is 0 Å². The first-order valence-corrected chi connectivity index (χ1v) is 10.7. The molecule has 0 amide bonds. The third kappa shape index (κ3) is 12.3. The van der Waals surface area contributed by atoms with Gasteiger partial charge in [0.15, 0.2) is 5.76 Å². The summed E-state index contributed by atoms with van der Waals surface area (Å²) < 4.78 is 0. The number of hydrogen-bond donors (Lipinski definition) is 6. The molecular formula is C21H43NO5. The van der Waals surface area contributed by atoms with Crippen LogP contribution in [0.5, 0.6) is 0 Å². The van der Waals surface area contributed by atoms with Gasteiger partial charge < -0.3 is 31.3 Å². The number of aliphatic hydroxyl groups excluding tert-OH is 5. The van der Waals surface area contributed by atoms with Gasteiger partial charge in [0.25, 0.3) is 0 Å². The maximum absolute atomic E-state index is 9.92. The first-order valence-electron chi connectivity index (χ1n) is 10.7. The third-order valence-corrected chi connectivity index (χ3v) is 5.15. The average Bonchev–Trinajstić information content (AvgIpc) is 2.68. The Kier molecular flexibility index (Phi) is 15.7. The predicted octanol–water partition coefficient (Wildman–Crippen LogP) is 3.84. The van der Waals surface area contributed by atoms with E-state index in [4.69, 9.17) is 15.9 Å². The zero-order valence-electron chi connectivity index (χ0n) is 17.2. The molecule has 1 atom stereocenters. The molecule has 0 bridgehead atoms. The summed E-state index contributed by atoms with van der Waals surface area (Å²) in [6.07, 6.45) is 14.0. The van der Waals surface area contributed by atoms with Crippen LogP contribution < -0.4 is 5.73 Å². The van der Waals surface area contributed by atoms with Gasteiger partial charge in [-0.2, -0.15) is 0 Å². The molecular weight excluding hydrogens is 346 g/mol. The molecule has 0 heterocycles. The zero-order valence-corrected chi connectivity index (χ0v) is 17.2. The largest absolute Gasteiger partial charge is 0.509 e. The number of aliphatic hydroxyl groups is 5. The highest BCUT2D eigenvalue weighted by Gasteiger charge is 2.31. The van der Waals surface area contributed by atoms with Crippen molar-refractivity contribution in [2.24, 2.45) is 5.73 Å². The molecule has 0 aromatic rings. The minimum atomic E-state index is -1.68. The van der Waals surface area contributed by atoms with Crippen LogP contribution in [0.15, 0.2) is 11.5 Å². The summed E-state index contributed by atoms with van der Waals surface area (Å²) in [6, 6.07) is 0. The SMILES string of the molecule is CCCCCCC(O)CCCCCCCCCC(O)=C(O)C(N)(CO)CO. The van der Waals surface area contributed by atoms with Crippen LogP contribution in [0.4, 0.5) is 0 Å². The lowest BCUT2D eigenvalue weighted by molar-refractivity contribution is 0.102. The molecule has 0 aromatic carbocycles. The van der Waals surface area contributed by atoms with E-state index in [1.807, 2.05) is 0 Å². The molecule has 6 nitrogen and oxygen atoms in total. The van der Waals surface area contributed by atoms with E-state index in [1.165, 1.54) is 19.3 Å². The van der Waals surface area contributed by atoms with Crippen LogP contribution in [0, 0.1) is 0 Å². The maximum atomic E-state index is 9.92. The summed E-state index contributed by atoms with van der Waals surface area (Å²) >= 11 is 0. The molecule has 0 saturated carbocycles. The Morgan fingerprint density at radius 3 is 1.70 bits per heavy atom. The molecule has 0 rings (SSSR count). The molecule has 0 aromatic heterocycles. The fourth-order valence-corrected chi connectivity index (χ4v) is 3.11. The molecule has 0 aliphatic rings. The second-order valence-electron chi connectivity index (χ2n) is 7.78. The summed E-state index contributed by atoms with van der Waals surface area (Å²) in [5.74, 6) is -0.783. The van der Waals surface area contributed by atoms with Crippen LogP contribution in [-0.4, -0.2) is 50.4 Å². The Balaban J connectivity index is 3.65. The van der Waals surface area contributed by atoms with Gasteiger partial charge in [0, 0.05) is 6.42 Å². The highest BCUT2D eigenvalue weighted by Crippen LogP contribution is 2.19. The molecule has 0 saturated heterocycles. The zero-order chi connectivity index (χ0) is 20.5. The first-order chi connectivity index (χ1) is 12.9. The van der Waals surface area contributed by atoms with Gasteiger partial charge in [0.05, 0.1) is 19.3 Å². The molecule has 162 valence electrons. The van der Waals surface area contributed by atoms with Gasteiger partial charge in [-0.1, -0.05) is 71.1 Å². The quantitative estimate of drug-likeness (QED) is 0.156. The van der Waals surface area contributed by atoms with E-state index in [0.717, 1.165) is 64.2 Å². The number of rotatable bonds is 18. The summed E-state index contributed by atoms with van der Waals surface area (Å²) in [4.78, 5) is 0. The van der Waals surface area contributed by atoms with Crippen LogP contribution in [-0.2, 0) is 0 Å². The van der Waals surface area contributed by atoms with Gasteiger partial charge in [-0.05, 0) is 19.3 Å². The molecule has 0 aliphatic heterocycles. The average molecular weight is 390 g/mol. The summed E-state index contributed by atoms with van der Waals surface area (Å²) in [5.41, 5.74) is 3.94. The molecule has 27 heavy (non-hydrogen) atoms. The van der Waals surface area contributed by atoms with E-state index in [0.29, 0.717) is 0 Å². The van der Waals surface area contributed by atoms with Crippen molar-refractivity contribution in [1.82, 2.24) is 0 Å². The second kappa shape index (κ2) is 16.2. The Morgan fingerprint density at radius 2 is 1.22 bits per heavy atom. The smallest absolute Gasteiger partial charge is 0.154 e. The Morgan fingerprint density at radius 1 is 0.778 bits per heavy atom. The van der Waals surface area contributed by atoms with Gasteiger partial charge in [0.2, 0.25) is 0 Å². The van der Waals surface area contributed by atoms with E-state index in [1.54, 1.807) is 0 Å². The molecule has 1 unspecified atom stereocenters. The van der Waals surface area contributed by atoms with E-state index in [9.17, 15) is 15.3 Å². The number of allylic oxidation sites excluding steroid dienone is 1. The van der Waals surface area contributed by atoms with Gasteiger partial charge in [0.1, 0.15) is 11.3 Å². The van der Waals surface area contributed by atoms with Crippen molar-refractivity contribution in [2.75, 3.05) is 13.2 Å². The van der Waals surface area contributed by atoms with Crippen LogP contribution >= 0.6 is 0 Å². The van der Waals surface area contributed by atoms with E-state index in [2.05, 4.69) is 6.92 Å². The van der Waals surface area contributed by atoms with Crippen LogP contribution in [0.1, 0.15) is 96.8 Å². The van der Waals surface area contributed by atoms with Crippen molar-refractivity contribution in [2.45, 2.75) is 108 Å². The summed E-state index contributed by atoms with van der Waals surface area (Å²) in [5, 5.41) is 47.8. The minimum absolute atomic E-state index is 0.142. The molecule has 0 fully saturated rings. The summed E-state index contributed by atoms with van der Waals surface area (Å²) in [6.45, 7) is 0.929. The number of hydrogen-bond acceptors (Lipinski definition) is 6. The summed E-state index contributed by atoms with van der Waals surface area (Å²) in [7, 11) is 0. The lowest BCUT2D eigenvalue weighted by Gasteiger charge is -2.24. The van der Waals surface area contributed by atoms with Crippen molar-refractivity contribution >= 4 is 0 Å². The molecule has 7 N–H and O–H groups in total. The second-order valence-corrected chi connectivity index (χ2v) is 7.78. The lowest BCUT2D eigenvalue weighted by atomic mass is 9.98. The lowest BCUT2D eigenvalue weighted by Crippen LogP contribution is -2.49. The third-order valence-electron chi connectivity index (χ3n) is 5.15. The topological polar surface area (TPSA) is 127 Å². The fourth-order valence-electron chi connectivity index (χ4n) is 3.11. The monoisotopic (exact) mass is 389 g/mol. The minimum Gasteiger partial charge on any atom is -0.509 e. The highest BCUT2D eigenvalue weighted by molar-refractivity contribution is 5.15. The Bertz CT molecular complexity index is 383. The Labute approximate surface area is 165 Å². The van der Waals surface area contributed by atoms with E-state index in [-0.39, 0.29) is 18.3 Å². The van der Waals surface area contributed by atoms with Gasteiger partial charge in [-0.25, -0.2) is 0 Å². The van der Waals surface area contributed by atoms with Crippen molar-refractivity contribution in [3.8, 4) is 0 Å². The standard InChI is InChI=1S/C21H43NO5/c1-2-3-4-10-13-18(25)14-11-8-6-5-7-9-12-15-19(26)20(27)21(22,16-23)17-24/h18,23-27H,2-17,22H2,1H3. The highest BCUT2D eigenvalue weighted by atomic mass is 16.3. The predicted molar refractivity (Wildman–Crippen MR) is 110 cm³/mol. The van der Waals surface area contributed by atoms with Crippen molar-refractivity contribution in [3.63, 3.8) is 0 Å². The molecule has 0 radical (unpaired) electrons. The van der Waals surface area contributed by atoms with E-state index >= 15 is 0 Å². The first kappa shape index (κ1) is 26.2. The van der Waals surface area contributed by atoms with Gasteiger partial charge in [-0.15, -0.1) is 0 Å². The maximum Gasteiger partial charge on any atom is 0.154 e.